The molecule has 0 aliphatic heterocycles. The zero-order chi connectivity index (χ0) is 15.0. The van der Waals surface area contributed by atoms with Gasteiger partial charge in [-0.05, 0) is 36.8 Å². The summed E-state index contributed by atoms with van der Waals surface area (Å²) >= 11 is 0. The summed E-state index contributed by atoms with van der Waals surface area (Å²) in [6.07, 6.45) is 2.94. The van der Waals surface area contributed by atoms with Gasteiger partial charge in [-0.25, -0.2) is 8.42 Å². The van der Waals surface area contributed by atoms with Gasteiger partial charge in [0.25, 0.3) is 0 Å². The molecule has 1 atom stereocenters. The van der Waals surface area contributed by atoms with E-state index in [-0.39, 0.29) is 5.75 Å². The molecule has 1 N–H and O–H groups in total. The van der Waals surface area contributed by atoms with E-state index in [0.717, 1.165) is 25.9 Å². The van der Waals surface area contributed by atoms with Gasteiger partial charge in [0.1, 0.15) is 9.84 Å². The minimum absolute atomic E-state index is 0.278. The van der Waals surface area contributed by atoms with Crippen molar-refractivity contribution in [3.05, 3.63) is 35.9 Å². The van der Waals surface area contributed by atoms with Crippen LogP contribution in [0.2, 0.25) is 0 Å². The molecule has 3 nitrogen and oxygen atoms in total. The van der Waals surface area contributed by atoms with Crippen LogP contribution in [-0.4, -0.2) is 33.5 Å². The van der Waals surface area contributed by atoms with Crippen molar-refractivity contribution in [2.45, 2.75) is 32.6 Å². The molecule has 1 unspecified atom stereocenters. The van der Waals surface area contributed by atoms with Gasteiger partial charge in [-0.3, -0.25) is 0 Å². The Bertz CT molecular complexity index is 469. The second-order valence-corrected chi connectivity index (χ2v) is 8.19. The SMILES string of the molecule is CC(C)CNCC(CCCS(C)(=O)=O)c1ccccc1. The van der Waals surface area contributed by atoms with Gasteiger partial charge in [0.15, 0.2) is 0 Å². The highest BCUT2D eigenvalue weighted by atomic mass is 32.2. The van der Waals surface area contributed by atoms with Crippen molar-refractivity contribution in [1.29, 1.82) is 0 Å². The van der Waals surface area contributed by atoms with Crippen LogP contribution in [0.15, 0.2) is 30.3 Å². The van der Waals surface area contributed by atoms with Crippen molar-refractivity contribution in [3.8, 4) is 0 Å². The first-order valence-corrected chi connectivity index (χ1v) is 9.38. The molecular formula is C16H27NO2S. The summed E-state index contributed by atoms with van der Waals surface area (Å²) in [6, 6.07) is 10.4. The van der Waals surface area contributed by atoms with E-state index >= 15 is 0 Å². The molecule has 114 valence electrons. The molecule has 0 amide bonds. The van der Waals surface area contributed by atoms with Crippen LogP contribution in [0, 0.1) is 5.92 Å². The van der Waals surface area contributed by atoms with Crippen LogP contribution in [0.1, 0.15) is 38.2 Å². The second-order valence-electron chi connectivity index (χ2n) is 5.93. The molecule has 0 heterocycles. The third-order valence-corrected chi connectivity index (χ3v) is 4.31. The zero-order valence-corrected chi connectivity index (χ0v) is 13.6. The van der Waals surface area contributed by atoms with Crippen molar-refractivity contribution in [2.24, 2.45) is 5.92 Å². The Hall–Kier alpha value is -0.870. The molecule has 0 saturated heterocycles. The average Bonchev–Trinajstić information content (AvgIpc) is 2.36. The normalized spacial score (nSPS) is 13.6. The maximum Gasteiger partial charge on any atom is 0.147 e. The van der Waals surface area contributed by atoms with Crippen LogP contribution in [0.4, 0.5) is 0 Å². The molecule has 0 radical (unpaired) electrons. The number of rotatable bonds is 9. The molecule has 0 spiro atoms. The van der Waals surface area contributed by atoms with Gasteiger partial charge >= 0.3 is 0 Å². The largest absolute Gasteiger partial charge is 0.316 e. The molecule has 0 bridgehead atoms. The lowest BCUT2D eigenvalue weighted by atomic mass is 9.94. The lowest BCUT2D eigenvalue weighted by Crippen LogP contribution is -2.25. The topological polar surface area (TPSA) is 46.2 Å². The maximum absolute atomic E-state index is 11.2. The van der Waals surface area contributed by atoms with Crippen molar-refractivity contribution in [3.63, 3.8) is 0 Å². The molecule has 0 aromatic heterocycles. The zero-order valence-electron chi connectivity index (χ0n) is 12.8. The lowest BCUT2D eigenvalue weighted by molar-refractivity contribution is 0.497. The Morgan fingerprint density at radius 3 is 2.30 bits per heavy atom. The molecule has 20 heavy (non-hydrogen) atoms. The van der Waals surface area contributed by atoms with Gasteiger partial charge in [-0.2, -0.15) is 0 Å². The molecule has 0 aliphatic rings. The first kappa shape index (κ1) is 17.2. The van der Waals surface area contributed by atoms with E-state index in [1.54, 1.807) is 0 Å². The van der Waals surface area contributed by atoms with Gasteiger partial charge < -0.3 is 5.32 Å². The van der Waals surface area contributed by atoms with Crippen molar-refractivity contribution >= 4 is 9.84 Å². The van der Waals surface area contributed by atoms with Gasteiger partial charge in [0, 0.05) is 18.6 Å². The molecule has 0 saturated carbocycles. The predicted molar refractivity (Wildman–Crippen MR) is 85.8 cm³/mol. The summed E-state index contributed by atoms with van der Waals surface area (Å²) in [5.74, 6) is 1.29. The number of hydrogen-bond acceptors (Lipinski definition) is 3. The number of benzene rings is 1. The quantitative estimate of drug-likeness (QED) is 0.762. The minimum atomic E-state index is -2.86. The summed E-state index contributed by atoms with van der Waals surface area (Å²) in [5.41, 5.74) is 1.29. The summed E-state index contributed by atoms with van der Waals surface area (Å²) in [4.78, 5) is 0. The molecular weight excluding hydrogens is 270 g/mol. The van der Waals surface area contributed by atoms with Gasteiger partial charge in [-0.1, -0.05) is 44.2 Å². The van der Waals surface area contributed by atoms with E-state index in [1.165, 1.54) is 11.8 Å². The van der Waals surface area contributed by atoms with Crippen LogP contribution in [0.5, 0.6) is 0 Å². The lowest BCUT2D eigenvalue weighted by Gasteiger charge is -2.19. The van der Waals surface area contributed by atoms with Gasteiger partial charge in [0.2, 0.25) is 0 Å². The fraction of sp³-hybridized carbons (Fsp3) is 0.625. The van der Waals surface area contributed by atoms with Crippen LogP contribution in [-0.2, 0) is 9.84 Å². The van der Waals surface area contributed by atoms with Crippen LogP contribution in [0.25, 0.3) is 0 Å². The monoisotopic (exact) mass is 297 g/mol. The third-order valence-electron chi connectivity index (χ3n) is 3.28. The molecule has 0 fully saturated rings. The second kappa shape index (κ2) is 8.42. The third kappa shape index (κ3) is 7.65. The van der Waals surface area contributed by atoms with Crippen LogP contribution >= 0.6 is 0 Å². The number of hydrogen-bond donors (Lipinski definition) is 1. The van der Waals surface area contributed by atoms with Crippen molar-refractivity contribution < 1.29 is 8.42 Å². The van der Waals surface area contributed by atoms with Gasteiger partial charge in [-0.15, -0.1) is 0 Å². The Morgan fingerprint density at radius 1 is 1.10 bits per heavy atom. The Kier molecular flexibility index (Phi) is 7.24. The highest BCUT2D eigenvalue weighted by molar-refractivity contribution is 7.90. The molecule has 1 aromatic carbocycles. The summed E-state index contributed by atoms with van der Waals surface area (Å²) in [6.45, 7) is 6.28. The van der Waals surface area contributed by atoms with Crippen molar-refractivity contribution in [2.75, 3.05) is 25.1 Å². The maximum atomic E-state index is 11.2. The highest BCUT2D eigenvalue weighted by Crippen LogP contribution is 2.20. The first-order valence-electron chi connectivity index (χ1n) is 7.32. The van der Waals surface area contributed by atoms with E-state index in [4.69, 9.17) is 0 Å². The van der Waals surface area contributed by atoms with Crippen LogP contribution < -0.4 is 5.32 Å². The van der Waals surface area contributed by atoms with E-state index in [9.17, 15) is 8.42 Å². The van der Waals surface area contributed by atoms with E-state index in [0.29, 0.717) is 11.8 Å². The van der Waals surface area contributed by atoms with E-state index < -0.39 is 9.84 Å². The number of sulfone groups is 1. The average molecular weight is 297 g/mol. The Morgan fingerprint density at radius 2 is 1.75 bits per heavy atom. The Balaban J connectivity index is 2.55. The minimum Gasteiger partial charge on any atom is -0.316 e. The molecule has 1 rings (SSSR count). The summed E-state index contributed by atoms with van der Waals surface area (Å²) in [7, 11) is -2.86. The standard InChI is InChI=1S/C16H27NO2S/c1-14(2)12-17-13-16(10-7-11-20(3,18)19)15-8-5-4-6-9-15/h4-6,8-9,14,16-17H,7,10-13H2,1-3H3. The molecule has 0 aliphatic carbocycles. The summed E-state index contributed by atoms with van der Waals surface area (Å²) in [5, 5.41) is 3.48. The van der Waals surface area contributed by atoms with E-state index in [2.05, 4.69) is 31.3 Å². The van der Waals surface area contributed by atoms with E-state index in [1.807, 2.05) is 18.2 Å². The number of nitrogens with one attached hydrogen (secondary N) is 1. The fourth-order valence-electron chi connectivity index (χ4n) is 2.25. The first-order chi connectivity index (χ1) is 9.38. The predicted octanol–water partition coefficient (Wildman–Crippen LogP) is 2.84. The molecule has 4 heteroatoms. The fourth-order valence-corrected chi connectivity index (χ4v) is 2.94. The Labute approximate surface area is 123 Å². The smallest absolute Gasteiger partial charge is 0.147 e. The summed E-state index contributed by atoms with van der Waals surface area (Å²) < 4.78 is 22.5. The van der Waals surface area contributed by atoms with Crippen molar-refractivity contribution in [1.82, 2.24) is 5.32 Å². The molecule has 1 aromatic rings. The van der Waals surface area contributed by atoms with Crippen LogP contribution in [0.3, 0.4) is 0 Å². The highest BCUT2D eigenvalue weighted by Gasteiger charge is 2.12. The van der Waals surface area contributed by atoms with Gasteiger partial charge in [0.05, 0.1) is 0 Å².